The van der Waals surface area contributed by atoms with E-state index in [1.54, 1.807) is 0 Å². The molecule has 4 rings (SSSR count). The van der Waals surface area contributed by atoms with Crippen molar-refractivity contribution in [2.45, 2.75) is 0 Å². The average molecular weight is 587 g/mol. The molecule has 6 N–H and O–H groups in total. The smallest absolute Gasteiger partial charge is 0.255 e. The van der Waals surface area contributed by atoms with E-state index in [0.29, 0.717) is 0 Å². The Hall–Kier alpha value is -4.44. The fraction of sp³-hybridized carbons (Fsp3) is 0. The largest absolute Gasteiger partial charge is 0.506 e. The van der Waals surface area contributed by atoms with Crippen LogP contribution in [-0.2, 0) is 0 Å². The van der Waals surface area contributed by atoms with Gasteiger partial charge in [0.1, 0.15) is 17.2 Å². The van der Waals surface area contributed by atoms with Crippen LogP contribution >= 0.6 is 34.8 Å². The standard InChI is InChI=1S/C27H18Cl3N3O6/c28-16-1-4-22(34)19(10-16)31-25(37)13-7-14(26(38)32-20-11-17(29)2-5-23(20)35)9-15(8-13)27(39)33-21-12-18(30)3-6-24(21)36/h1-12,34-36H,(H,31,37)(H,32,38)(H,33,39). The van der Waals surface area contributed by atoms with Gasteiger partial charge in [0.15, 0.2) is 0 Å². The number of hydrogen-bond acceptors (Lipinski definition) is 6. The van der Waals surface area contributed by atoms with E-state index in [-0.39, 0.29) is 66.1 Å². The topological polar surface area (TPSA) is 148 Å². The predicted molar refractivity (Wildman–Crippen MR) is 150 cm³/mol. The molecule has 0 aliphatic heterocycles. The van der Waals surface area contributed by atoms with E-state index in [1.807, 2.05) is 0 Å². The Balaban J connectivity index is 1.71. The molecule has 4 aromatic carbocycles. The highest BCUT2D eigenvalue weighted by Gasteiger charge is 2.19. The highest BCUT2D eigenvalue weighted by Crippen LogP contribution is 2.30. The van der Waals surface area contributed by atoms with Crippen molar-refractivity contribution in [2.75, 3.05) is 16.0 Å². The molecule has 0 bridgehead atoms. The van der Waals surface area contributed by atoms with Crippen LogP contribution in [0.4, 0.5) is 17.1 Å². The number of nitrogens with one attached hydrogen (secondary N) is 3. The molecule has 4 aromatic rings. The molecule has 0 aliphatic carbocycles. The number of amides is 3. The highest BCUT2D eigenvalue weighted by atomic mass is 35.5. The summed E-state index contributed by atoms with van der Waals surface area (Å²) in [6, 6.07) is 15.7. The predicted octanol–water partition coefficient (Wildman–Crippen LogP) is 6.52. The summed E-state index contributed by atoms with van der Waals surface area (Å²) in [5.41, 5.74) is -0.378. The van der Waals surface area contributed by atoms with Gasteiger partial charge < -0.3 is 31.3 Å². The molecule has 39 heavy (non-hydrogen) atoms. The second kappa shape index (κ2) is 11.5. The molecule has 12 heteroatoms. The second-order valence-electron chi connectivity index (χ2n) is 8.15. The number of carbonyl (C=O) groups excluding carboxylic acids is 3. The van der Waals surface area contributed by atoms with E-state index < -0.39 is 17.7 Å². The zero-order valence-corrected chi connectivity index (χ0v) is 21.9. The molecule has 0 aliphatic rings. The molecule has 0 atom stereocenters. The molecular weight excluding hydrogens is 569 g/mol. The van der Waals surface area contributed by atoms with Gasteiger partial charge in [-0.15, -0.1) is 0 Å². The highest BCUT2D eigenvalue weighted by molar-refractivity contribution is 6.31. The average Bonchev–Trinajstić information content (AvgIpc) is 2.90. The molecule has 0 saturated carbocycles. The van der Waals surface area contributed by atoms with Crippen molar-refractivity contribution in [3.05, 3.63) is 105 Å². The molecule has 0 unspecified atom stereocenters. The summed E-state index contributed by atoms with van der Waals surface area (Å²) in [5.74, 6) is -3.08. The molecule has 0 saturated heterocycles. The zero-order valence-electron chi connectivity index (χ0n) is 19.6. The van der Waals surface area contributed by atoms with Crippen LogP contribution in [0.5, 0.6) is 17.2 Å². The summed E-state index contributed by atoms with van der Waals surface area (Å²) in [6.45, 7) is 0. The first-order valence-electron chi connectivity index (χ1n) is 11.0. The van der Waals surface area contributed by atoms with Crippen molar-refractivity contribution in [3.63, 3.8) is 0 Å². The van der Waals surface area contributed by atoms with Crippen LogP contribution in [0.2, 0.25) is 15.1 Å². The van der Waals surface area contributed by atoms with Gasteiger partial charge in [-0.2, -0.15) is 0 Å². The van der Waals surface area contributed by atoms with Crippen molar-refractivity contribution < 1.29 is 29.7 Å². The molecule has 198 valence electrons. The Labute approximate surface area is 236 Å². The minimum Gasteiger partial charge on any atom is -0.506 e. The Morgan fingerprint density at radius 1 is 0.462 bits per heavy atom. The molecule has 0 fully saturated rings. The van der Waals surface area contributed by atoms with E-state index in [9.17, 15) is 29.7 Å². The summed E-state index contributed by atoms with van der Waals surface area (Å²) in [5, 5.41) is 38.4. The molecule has 9 nitrogen and oxygen atoms in total. The van der Waals surface area contributed by atoms with Gasteiger partial charge in [0, 0.05) is 31.8 Å². The van der Waals surface area contributed by atoms with Crippen LogP contribution in [-0.4, -0.2) is 33.0 Å². The number of anilines is 3. The summed E-state index contributed by atoms with van der Waals surface area (Å²) in [6.07, 6.45) is 0. The number of phenolic OH excluding ortho intramolecular Hbond substituents is 3. The molecule has 0 spiro atoms. The monoisotopic (exact) mass is 585 g/mol. The zero-order chi connectivity index (χ0) is 28.3. The van der Waals surface area contributed by atoms with Crippen molar-refractivity contribution in [1.29, 1.82) is 0 Å². The first-order valence-corrected chi connectivity index (χ1v) is 12.2. The van der Waals surface area contributed by atoms with Gasteiger partial charge in [0.2, 0.25) is 0 Å². The first kappa shape index (κ1) is 27.6. The summed E-state index contributed by atoms with van der Waals surface area (Å²) in [7, 11) is 0. The van der Waals surface area contributed by atoms with Gasteiger partial charge in [-0.05, 0) is 72.8 Å². The fourth-order valence-corrected chi connectivity index (χ4v) is 3.95. The van der Waals surface area contributed by atoms with E-state index in [0.717, 1.165) is 0 Å². The van der Waals surface area contributed by atoms with Gasteiger partial charge in [0.05, 0.1) is 17.1 Å². The minimum absolute atomic E-state index is 0.000977. The summed E-state index contributed by atoms with van der Waals surface area (Å²) >= 11 is 17.9. The van der Waals surface area contributed by atoms with Crippen molar-refractivity contribution in [1.82, 2.24) is 0 Å². The Morgan fingerprint density at radius 2 is 0.718 bits per heavy atom. The number of rotatable bonds is 6. The van der Waals surface area contributed by atoms with Crippen LogP contribution in [0.3, 0.4) is 0 Å². The van der Waals surface area contributed by atoms with Gasteiger partial charge in [-0.25, -0.2) is 0 Å². The molecule has 0 radical (unpaired) electrons. The minimum atomic E-state index is -0.771. The maximum atomic E-state index is 13.1. The number of benzene rings is 4. The van der Waals surface area contributed by atoms with Crippen LogP contribution in [0.1, 0.15) is 31.1 Å². The van der Waals surface area contributed by atoms with E-state index in [2.05, 4.69) is 16.0 Å². The molecule has 3 amide bonds. The lowest BCUT2D eigenvalue weighted by Crippen LogP contribution is -2.19. The van der Waals surface area contributed by atoms with Crippen LogP contribution < -0.4 is 16.0 Å². The lowest BCUT2D eigenvalue weighted by atomic mass is 10.0. The molecular formula is C27H18Cl3N3O6. The number of carbonyl (C=O) groups is 3. The number of hydrogen-bond donors (Lipinski definition) is 6. The van der Waals surface area contributed by atoms with Crippen molar-refractivity contribution >= 4 is 69.6 Å². The summed E-state index contributed by atoms with van der Waals surface area (Å²) < 4.78 is 0. The van der Waals surface area contributed by atoms with Gasteiger partial charge in [-0.1, -0.05) is 34.8 Å². The third-order valence-corrected chi connectivity index (χ3v) is 6.05. The van der Waals surface area contributed by atoms with E-state index in [4.69, 9.17) is 34.8 Å². The van der Waals surface area contributed by atoms with Crippen LogP contribution in [0.25, 0.3) is 0 Å². The Bertz CT molecular complexity index is 1430. The number of aromatic hydroxyl groups is 3. The Morgan fingerprint density at radius 3 is 0.974 bits per heavy atom. The second-order valence-corrected chi connectivity index (χ2v) is 9.46. The quantitative estimate of drug-likeness (QED) is 0.142. The lowest BCUT2D eigenvalue weighted by molar-refractivity contribution is 0.102. The van der Waals surface area contributed by atoms with Crippen molar-refractivity contribution in [2.24, 2.45) is 0 Å². The normalized spacial score (nSPS) is 10.5. The van der Waals surface area contributed by atoms with Crippen LogP contribution in [0.15, 0.2) is 72.8 Å². The van der Waals surface area contributed by atoms with Crippen molar-refractivity contribution in [3.8, 4) is 17.2 Å². The van der Waals surface area contributed by atoms with E-state index >= 15 is 0 Å². The van der Waals surface area contributed by atoms with E-state index in [1.165, 1.54) is 72.8 Å². The molecule has 0 heterocycles. The molecule has 0 aromatic heterocycles. The van der Waals surface area contributed by atoms with Gasteiger partial charge >= 0.3 is 0 Å². The lowest BCUT2D eigenvalue weighted by Gasteiger charge is -2.13. The maximum Gasteiger partial charge on any atom is 0.255 e. The van der Waals surface area contributed by atoms with Crippen LogP contribution in [0, 0.1) is 0 Å². The third-order valence-electron chi connectivity index (χ3n) is 5.34. The number of phenols is 3. The SMILES string of the molecule is O=C(Nc1cc(Cl)ccc1O)c1cc(C(=O)Nc2cc(Cl)ccc2O)cc(C(=O)Nc2cc(Cl)ccc2O)c1. The number of halogens is 3. The Kier molecular flexibility index (Phi) is 8.15. The summed E-state index contributed by atoms with van der Waals surface area (Å²) in [4.78, 5) is 39.3. The third kappa shape index (κ3) is 6.71. The first-order chi connectivity index (χ1) is 18.5. The maximum absolute atomic E-state index is 13.1. The van der Waals surface area contributed by atoms with Gasteiger partial charge in [0.25, 0.3) is 17.7 Å². The fourth-order valence-electron chi connectivity index (χ4n) is 3.43. The van der Waals surface area contributed by atoms with Gasteiger partial charge in [-0.3, -0.25) is 14.4 Å².